The van der Waals surface area contributed by atoms with Gasteiger partial charge in [0.25, 0.3) is 0 Å². The van der Waals surface area contributed by atoms with E-state index in [0.717, 1.165) is 77.8 Å². The third-order valence-electron chi connectivity index (χ3n) is 11.3. The summed E-state index contributed by atoms with van der Waals surface area (Å²) in [5.41, 5.74) is 15.6. The molecule has 9 aromatic carbocycles. The van der Waals surface area contributed by atoms with Crippen LogP contribution in [0.15, 0.2) is 223 Å². The Morgan fingerprint density at radius 2 is 0.746 bits per heavy atom. The van der Waals surface area contributed by atoms with E-state index in [2.05, 4.69) is 182 Å². The van der Waals surface area contributed by atoms with Crippen molar-refractivity contribution in [1.82, 2.24) is 9.97 Å². The van der Waals surface area contributed by atoms with Crippen LogP contribution in [0.1, 0.15) is 0 Å². The van der Waals surface area contributed by atoms with E-state index in [9.17, 15) is 0 Å². The molecule has 0 N–H and O–H groups in total. The molecule has 0 aliphatic carbocycles. The first kappa shape index (κ1) is 34.4. The second-order valence-corrected chi connectivity index (χ2v) is 15.0. The smallest absolute Gasteiger partial charge is 0.160 e. The zero-order valence-electron chi connectivity index (χ0n) is 32.1. The average molecular weight is 753 g/mol. The molecule has 2 heterocycles. The average Bonchev–Trinajstić information content (AvgIpc) is 3.70. The van der Waals surface area contributed by atoms with Gasteiger partial charge in [-0.05, 0) is 110 Å². The van der Waals surface area contributed by atoms with Gasteiger partial charge in [0.05, 0.1) is 11.4 Å². The normalized spacial score (nSPS) is 11.4. The lowest BCUT2D eigenvalue weighted by atomic mass is 9.92. The molecule has 0 bridgehead atoms. The van der Waals surface area contributed by atoms with Crippen LogP contribution >= 0.6 is 0 Å². The molecule has 11 aromatic rings. The Balaban J connectivity index is 1.09. The summed E-state index contributed by atoms with van der Waals surface area (Å²) in [5.74, 6) is 0.682. The summed E-state index contributed by atoms with van der Waals surface area (Å²) in [7, 11) is 0. The summed E-state index contributed by atoms with van der Waals surface area (Å²) in [6.07, 6.45) is 0. The van der Waals surface area contributed by atoms with Crippen LogP contribution in [0.3, 0.4) is 0 Å². The highest BCUT2D eigenvalue weighted by molar-refractivity contribution is 6.06. The lowest BCUT2D eigenvalue weighted by Gasteiger charge is -2.14. The van der Waals surface area contributed by atoms with Gasteiger partial charge in [0.2, 0.25) is 0 Å². The van der Waals surface area contributed by atoms with Gasteiger partial charge in [-0.25, -0.2) is 9.97 Å². The lowest BCUT2D eigenvalue weighted by molar-refractivity contribution is 0.669. The summed E-state index contributed by atoms with van der Waals surface area (Å²) >= 11 is 0. The summed E-state index contributed by atoms with van der Waals surface area (Å²) in [6.45, 7) is 0. The van der Waals surface area contributed by atoms with E-state index >= 15 is 0 Å². The van der Waals surface area contributed by atoms with Gasteiger partial charge in [-0.3, -0.25) is 0 Å². The molecule has 0 aliphatic rings. The van der Waals surface area contributed by atoms with Crippen molar-refractivity contribution in [2.45, 2.75) is 0 Å². The van der Waals surface area contributed by atoms with Crippen LogP contribution in [0.5, 0.6) is 0 Å². The van der Waals surface area contributed by atoms with Crippen LogP contribution in [0.25, 0.3) is 111 Å². The number of rotatable bonds is 7. The number of fused-ring (bicyclic) bond motifs is 4. The van der Waals surface area contributed by atoms with Crippen molar-refractivity contribution >= 4 is 32.7 Å². The maximum absolute atomic E-state index is 6.24. The predicted molar refractivity (Wildman–Crippen MR) is 245 cm³/mol. The fourth-order valence-corrected chi connectivity index (χ4v) is 8.19. The molecule has 3 heteroatoms. The van der Waals surface area contributed by atoms with E-state index in [-0.39, 0.29) is 0 Å². The second-order valence-electron chi connectivity index (χ2n) is 15.0. The van der Waals surface area contributed by atoms with Crippen molar-refractivity contribution in [1.29, 1.82) is 0 Å². The molecule has 11 rings (SSSR count). The number of hydrogen-bond acceptors (Lipinski definition) is 3. The molecule has 0 amide bonds. The number of para-hydroxylation sites is 1. The minimum absolute atomic E-state index is 0.682. The molecule has 3 nitrogen and oxygen atoms in total. The number of furan rings is 1. The van der Waals surface area contributed by atoms with E-state index in [0.29, 0.717) is 5.82 Å². The topological polar surface area (TPSA) is 38.9 Å². The minimum atomic E-state index is 0.682. The van der Waals surface area contributed by atoms with Gasteiger partial charge in [-0.15, -0.1) is 0 Å². The van der Waals surface area contributed by atoms with Gasteiger partial charge in [-0.2, -0.15) is 0 Å². The molecule has 0 fully saturated rings. The Morgan fingerprint density at radius 1 is 0.254 bits per heavy atom. The SMILES string of the molecule is c1ccc(-c2ccc(-c3cc(-c4cc(-c5cccc(-c6ccc7ccccc7c6)c5)cc(-c5ccc6oc7ccccc7c6c5)c4)nc(-c4ccccc4)n3)cc2)cc1. The summed E-state index contributed by atoms with van der Waals surface area (Å²) in [6, 6.07) is 77.2. The van der Waals surface area contributed by atoms with Crippen LogP contribution in [0, 0.1) is 0 Å². The van der Waals surface area contributed by atoms with Crippen LogP contribution in [0.4, 0.5) is 0 Å². The van der Waals surface area contributed by atoms with Gasteiger partial charge in [0, 0.05) is 27.5 Å². The molecular formula is C56H36N2O. The highest BCUT2D eigenvalue weighted by atomic mass is 16.3. The monoisotopic (exact) mass is 752 g/mol. The number of benzene rings is 9. The molecule has 59 heavy (non-hydrogen) atoms. The van der Waals surface area contributed by atoms with Gasteiger partial charge in [0.1, 0.15) is 11.2 Å². The van der Waals surface area contributed by atoms with Crippen LogP contribution in [0.2, 0.25) is 0 Å². The fourth-order valence-electron chi connectivity index (χ4n) is 8.19. The Labute approximate surface area is 342 Å². The quantitative estimate of drug-likeness (QED) is 0.163. The Bertz CT molecular complexity index is 3310. The standard InChI is InChI=1S/C56H36N2O/c1-3-12-37(13-4-1)39-22-25-40(26-23-39)52-36-53(58-56(57-52)41-15-5-2-6-16-41)49-33-47(44-19-11-18-43(31-44)45-27-24-38-14-7-8-17-42(38)30-45)32-48(34-49)46-28-29-55-51(35-46)50-20-9-10-21-54(50)59-55/h1-36H. The third kappa shape index (κ3) is 6.65. The van der Waals surface area contributed by atoms with Gasteiger partial charge in [-0.1, -0.05) is 164 Å². The van der Waals surface area contributed by atoms with Crippen molar-refractivity contribution in [2.75, 3.05) is 0 Å². The molecule has 0 unspecified atom stereocenters. The van der Waals surface area contributed by atoms with Crippen molar-refractivity contribution in [2.24, 2.45) is 0 Å². The molecule has 0 spiro atoms. The molecule has 0 saturated heterocycles. The van der Waals surface area contributed by atoms with Crippen LogP contribution < -0.4 is 0 Å². The zero-order valence-corrected chi connectivity index (χ0v) is 32.1. The molecular weight excluding hydrogens is 717 g/mol. The first-order valence-corrected chi connectivity index (χ1v) is 20.0. The summed E-state index contributed by atoms with van der Waals surface area (Å²) in [5, 5.41) is 4.66. The number of hydrogen-bond donors (Lipinski definition) is 0. The highest BCUT2D eigenvalue weighted by Gasteiger charge is 2.16. The number of nitrogens with zero attached hydrogens (tertiary/aromatic N) is 2. The highest BCUT2D eigenvalue weighted by Crippen LogP contribution is 2.38. The third-order valence-corrected chi connectivity index (χ3v) is 11.3. The van der Waals surface area contributed by atoms with E-state index in [1.54, 1.807) is 0 Å². The summed E-state index contributed by atoms with van der Waals surface area (Å²) in [4.78, 5) is 10.5. The van der Waals surface area contributed by atoms with Crippen molar-refractivity contribution in [3.8, 4) is 78.4 Å². The molecule has 276 valence electrons. The van der Waals surface area contributed by atoms with E-state index in [4.69, 9.17) is 14.4 Å². The first-order chi connectivity index (χ1) is 29.2. The Kier molecular flexibility index (Phi) is 8.49. The van der Waals surface area contributed by atoms with Crippen LogP contribution in [-0.2, 0) is 0 Å². The van der Waals surface area contributed by atoms with Gasteiger partial charge >= 0.3 is 0 Å². The minimum Gasteiger partial charge on any atom is -0.456 e. The van der Waals surface area contributed by atoms with Crippen molar-refractivity contribution in [3.05, 3.63) is 218 Å². The molecule has 0 saturated carbocycles. The van der Waals surface area contributed by atoms with E-state index in [1.807, 2.05) is 36.4 Å². The zero-order chi connectivity index (χ0) is 39.1. The predicted octanol–water partition coefficient (Wildman–Crippen LogP) is 15.2. The van der Waals surface area contributed by atoms with Crippen LogP contribution in [-0.4, -0.2) is 9.97 Å². The maximum atomic E-state index is 6.24. The first-order valence-electron chi connectivity index (χ1n) is 20.0. The fraction of sp³-hybridized carbons (Fsp3) is 0. The van der Waals surface area contributed by atoms with Crippen molar-refractivity contribution in [3.63, 3.8) is 0 Å². The molecule has 0 aliphatic heterocycles. The molecule has 2 aromatic heterocycles. The van der Waals surface area contributed by atoms with E-state index in [1.165, 1.54) is 27.5 Å². The Morgan fingerprint density at radius 3 is 1.53 bits per heavy atom. The molecule has 0 radical (unpaired) electrons. The largest absolute Gasteiger partial charge is 0.456 e. The summed E-state index contributed by atoms with van der Waals surface area (Å²) < 4.78 is 6.24. The Hall–Kier alpha value is -7.88. The van der Waals surface area contributed by atoms with E-state index < -0.39 is 0 Å². The molecule has 0 atom stereocenters. The van der Waals surface area contributed by atoms with Crippen molar-refractivity contribution < 1.29 is 4.42 Å². The lowest BCUT2D eigenvalue weighted by Crippen LogP contribution is -1.96. The second kappa shape index (κ2) is 14.6. The maximum Gasteiger partial charge on any atom is 0.160 e. The number of aromatic nitrogens is 2. The van der Waals surface area contributed by atoms with Gasteiger partial charge < -0.3 is 4.42 Å². The van der Waals surface area contributed by atoms with Gasteiger partial charge in [0.15, 0.2) is 5.82 Å².